The van der Waals surface area contributed by atoms with Gasteiger partial charge in [0.2, 0.25) is 0 Å². The van der Waals surface area contributed by atoms with Gasteiger partial charge in [0.15, 0.2) is 5.17 Å². The quantitative estimate of drug-likeness (QED) is 0.819. The molecule has 1 atom stereocenters. The molecule has 1 aromatic rings. The van der Waals surface area contributed by atoms with Crippen LogP contribution in [0.2, 0.25) is 0 Å². The van der Waals surface area contributed by atoms with Gasteiger partial charge in [0.1, 0.15) is 11.9 Å². The van der Waals surface area contributed by atoms with E-state index in [1.54, 1.807) is 5.01 Å². The molecule has 104 valence electrons. The zero-order valence-electron chi connectivity index (χ0n) is 11.1. The minimum atomic E-state index is -0.133. The average molecular weight is 353 g/mol. The zero-order chi connectivity index (χ0) is 14.3. The molecule has 1 N–H and O–H groups in total. The van der Waals surface area contributed by atoms with Crippen LogP contribution < -0.4 is 15.9 Å². The van der Waals surface area contributed by atoms with E-state index in [4.69, 9.17) is 0 Å². The lowest BCUT2D eigenvalue weighted by Gasteiger charge is -2.33. The Hall–Kier alpha value is -1.34. The van der Waals surface area contributed by atoms with E-state index >= 15 is 0 Å². The van der Waals surface area contributed by atoms with Crippen molar-refractivity contribution in [2.45, 2.75) is 19.5 Å². The number of fused-ring (bicyclic) bond motifs is 2. The fourth-order valence-electron chi connectivity index (χ4n) is 2.28. The average Bonchev–Trinajstić information content (AvgIpc) is 2.45. The van der Waals surface area contributed by atoms with Gasteiger partial charge in [0.05, 0.1) is 5.36 Å². The van der Waals surface area contributed by atoms with Gasteiger partial charge in [0.25, 0.3) is 5.91 Å². The first-order chi connectivity index (χ1) is 9.63. The van der Waals surface area contributed by atoms with E-state index < -0.39 is 0 Å². The number of benzene rings is 1. The number of thioether (sulfide) groups is 1. The Bertz CT molecular complexity index is 730. The number of carbonyl (C=O) groups is 1. The molecule has 5 nitrogen and oxygen atoms in total. The van der Waals surface area contributed by atoms with E-state index in [2.05, 4.69) is 31.3 Å². The number of hydrogen-bond donors (Lipinski definition) is 1. The molecule has 7 heteroatoms. The van der Waals surface area contributed by atoms with Gasteiger partial charge in [0, 0.05) is 9.69 Å². The number of hydrogen-bond acceptors (Lipinski definition) is 5. The number of nitrogens with one attached hydrogen (secondary N) is 1. The van der Waals surface area contributed by atoms with Crippen LogP contribution in [0, 0.1) is 0 Å². The Labute approximate surface area is 129 Å². The van der Waals surface area contributed by atoms with Crippen molar-refractivity contribution in [1.82, 2.24) is 10.3 Å². The van der Waals surface area contributed by atoms with E-state index in [1.807, 2.05) is 31.4 Å². The molecule has 0 saturated heterocycles. The summed E-state index contributed by atoms with van der Waals surface area (Å²) >= 11 is 4.85. The van der Waals surface area contributed by atoms with Gasteiger partial charge in [-0.05, 0) is 30.9 Å². The minimum Gasteiger partial charge on any atom is -0.298 e. The second-order valence-electron chi connectivity index (χ2n) is 4.44. The third kappa shape index (κ3) is 2.14. The van der Waals surface area contributed by atoms with Crippen LogP contribution in [-0.4, -0.2) is 28.5 Å². The summed E-state index contributed by atoms with van der Waals surface area (Å²) in [5.41, 5.74) is 0.570. The summed E-state index contributed by atoms with van der Waals surface area (Å²) < 4.78 is 0.918. The SMILES string of the molecule is CC[C@@H]1N=c2ccc(Br)cc2=C2C(=O)NC(SC)=NN21. The number of carbonyl (C=O) groups excluding carboxylic acids is 1. The van der Waals surface area contributed by atoms with Gasteiger partial charge < -0.3 is 0 Å². The summed E-state index contributed by atoms with van der Waals surface area (Å²) in [4.78, 5) is 17.1. The third-order valence-electron chi connectivity index (χ3n) is 3.21. The van der Waals surface area contributed by atoms with Crippen molar-refractivity contribution in [3.63, 3.8) is 0 Å². The molecule has 2 aliphatic heterocycles. The normalized spacial score (nSPS) is 20.6. The molecular weight excluding hydrogens is 340 g/mol. The number of rotatable bonds is 1. The highest BCUT2D eigenvalue weighted by atomic mass is 79.9. The van der Waals surface area contributed by atoms with Crippen molar-refractivity contribution in [2.24, 2.45) is 10.1 Å². The standard InChI is InChI=1S/C13H13BrN4OS/c1-3-10-15-9-5-4-7(14)6-8(9)11-12(19)16-13(20-2)17-18(10)11/h4-6,10H,3H2,1-2H3,(H,16,17,19)/t10-/m1/s1. The largest absolute Gasteiger partial charge is 0.298 e. The summed E-state index contributed by atoms with van der Waals surface area (Å²) in [6, 6.07) is 5.77. The molecule has 20 heavy (non-hydrogen) atoms. The number of halogens is 1. The Morgan fingerprint density at radius 2 is 2.30 bits per heavy atom. The molecule has 2 heterocycles. The van der Waals surface area contributed by atoms with E-state index in [1.165, 1.54) is 11.8 Å². The van der Waals surface area contributed by atoms with Gasteiger partial charge in [-0.25, -0.2) is 5.01 Å². The van der Waals surface area contributed by atoms with Gasteiger partial charge in [-0.1, -0.05) is 34.6 Å². The maximum Gasteiger partial charge on any atom is 0.276 e. The molecule has 3 rings (SSSR count). The van der Waals surface area contributed by atoms with E-state index in [9.17, 15) is 4.79 Å². The van der Waals surface area contributed by atoms with Crippen LogP contribution in [0.15, 0.2) is 32.8 Å². The van der Waals surface area contributed by atoms with Crippen molar-refractivity contribution in [3.8, 4) is 0 Å². The van der Waals surface area contributed by atoms with E-state index in [0.717, 1.165) is 21.5 Å². The van der Waals surface area contributed by atoms with Crippen LogP contribution in [0.1, 0.15) is 13.3 Å². The lowest BCUT2D eigenvalue weighted by Crippen LogP contribution is -2.52. The third-order valence-corrected chi connectivity index (χ3v) is 4.27. The maximum atomic E-state index is 12.4. The minimum absolute atomic E-state index is 0.128. The molecule has 0 aromatic heterocycles. The number of amides is 1. The molecule has 0 spiro atoms. The summed E-state index contributed by atoms with van der Waals surface area (Å²) in [7, 11) is 0. The first-order valence-corrected chi connectivity index (χ1v) is 8.26. The number of hydrazone groups is 1. The Balaban J connectivity index is 2.32. The van der Waals surface area contributed by atoms with Crippen LogP contribution in [0.25, 0.3) is 5.70 Å². The monoisotopic (exact) mass is 352 g/mol. The lowest BCUT2D eigenvalue weighted by molar-refractivity contribution is -0.116. The molecule has 2 aliphatic rings. The van der Waals surface area contributed by atoms with Crippen LogP contribution in [0.4, 0.5) is 0 Å². The van der Waals surface area contributed by atoms with Crippen LogP contribution in [-0.2, 0) is 4.79 Å². The highest BCUT2D eigenvalue weighted by Crippen LogP contribution is 2.21. The summed E-state index contributed by atoms with van der Waals surface area (Å²) in [5, 5.41) is 11.3. The first-order valence-electron chi connectivity index (χ1n) is 6.25. The summed E-state index contributed by atoms with van der Waals surface area (Å²) in [6.45, 7) is 2.04. The van der Waals surface area contributed by atoms with Crippen LogP contribution in [0.5, 0.6) is 0 Å². The van der Waals surface area contributed by atoms with E-state index in [-0.39, 0.29) is 12.1 Å². The molecule has 0 fully saturated rings. The predicted octanol–water partition coefficient (Wildman–Crippen LogP) is 0.992. The van der Waals surface area contributed by atoms with E-state index in [0.29, 0.717) is 10.9 Å². The topological polar surface area (TPSA) is 57.1 Å². The molecule has 1 aromatic carbocycles. The molecule has 0 radical (unpaired) electrons. The fraction of sp³-hybridized carbons (Fsp3) is 0.308. The Kier molecular flexibility index (Phi) is 3.55. The summed E-state index contributed by atoms with van der Waals surface area (Å²) in [5.74, 6) is -0.128. The lowest BCUT2D eigenvalue weighted by atomic mass is 10.1. The van der Waals surface area contributed by atoms with Crippen LogP contribution in [0.3, 0.4) is 0 Å². The molecule has 1 amide bonds. The molecule has 0 bridgehead atoms. The molecule has 0 aliphatic carbocycles. The van der Waals surface area contributed by atoms with Crippen LogP contribution >= 0.6 is 27.7 Å². The maximum absolute atomic E-state index is 12.4. The second-order valence-corrected chi connectivity index (χ2v) is 6.15. The van der Waals surface area contributed by atoms with Crippen molar-refractivity contribution in [3.05, 3.63) is 33.2 Å². The second kappa shape index (κ2) is 5.21. The molecular formula is C13H13BrN4OS. The van der Waals surface area contributed by atoms with Crippen molar-refractivity contribution < 1.29 is 4.79 Å². The molecule has 0 saturated carbocycles. The highest BCUT2D eigenvalue weighted by molar-refractivity contribution is 9.10. The smallest absolute Gasteiger partial charge is 0.276 e. The predicted molar refractivity (Wildman–Crippen MR) is 83.3 cm³/mol. The number of nitrogens with zero attached hydrogens (tertiary/aromatic N) is 3. The van der Waals surface area contributed by atoms with Gasteiger partial charge >= 0.3 is 0 Å². The zero-order valence-corrected chi connectivity index (χ0v) is 13.5. The van der Waals surface area contributed by atoms with Crippen molar-refractivity contribution >= 4 is 44.5 Å². The summed E-state index contributed by atoms with van der Waals surface area (Å²) in [6.07, 6.45) is 2.54. The Morgan fingerprint density at radius 3 is 3.00 bits per heavy atom. The van der Waals surface area contributed by atoms with Crippen molar-refractivity contribution in [2.75, 3.05) is 6.26 Å². The van der Waals surface area contributed by atoms with Gasteiger partial charge in [-0.2, -0.15) is 0 Å². The number of amidine groups is 1. The highest BCUT2D eigenvalue weighted by Gasteiger charge is 2.32. The van der Waals surface area contributed by atoms with Gasteiger partial charge in [-0.15, -0.1) is 5.10 Å². The van der Waals surface area contributed by atoms with Crippen molar-refractivity contribution in [1.29, 1.82) is 0 Å². The fourth-order valence-corrected chi connectivity index (χ4v) is 3.00. The first kappa shape index (κ1) is 13.6. The molecule has 0 unspecified atom stereocenters. The Morgan fingerprint density at radius 1 is 1.50 bits per heavy atom. The van der Waals surface area contributed by atoms with Gasteiger partial charge in [-0.3, -0.25) is 15.1 Å².